The van der Waals surface area contributed by atoms with E-state index in [1.807, 2.05) is 24.3 Å². The number of anilines is 1. The topological polar surface area (TPSA) is 85.3 Å². The van der Waals surface area contributed by atoms with Gasteiger partial charge in [-0.2, -0.15) is 0 Å². The molecule has 3 fully saturated rings. The molecular formula is C24H19ClN2O5. The third kappa shape index (κ3) is 2.67. The van der Waals surface area contributed by atoms with Gasteiger partial charge in [0.1, 0.15) is 11.9 Å². The molecule has 2 aromatic rings. The van der Waals surface area contributed by atoms with Gasteiger partial charge in [-0.3, -0.25) is 19.3 Å². The van der Waals surface area contributed by atoms with Crippen LogP contribution in [0.4, 0.5) is 5.69 Å². The SMILES string of the molecule is CC(=O)Oc1ccc(N2C(=O)[C@@H]3[C@H]4C[C@@H]([C@@H]5ON=C(c6ccc(Cl)cc6)[C@@H]45)[C@H]3C2=O)cc1. The van der Waals surface area contributed by atoms with E-state index in [2.05, 4.69) is 5.16 Å². The van der Waals surface area contributed by atoms with Crippen molar-refractivity contribution in [2.45, 2.75) is 19.4 Å². The van der Waals surface area contributed by atoms with Crippen molar-refractivity contribution in [1.29, 1.82) is 0 Å². The van der Waals surface area contributed by atoms with Gasteiger partial charge in [0.15, 0.2) is 0 Å². The number of carbonyl (C=O) groups is 3. The number of esters is 1. The monoisotopic (exact) mass is 450 g/mol. The number of oxime groups is 1. The first kappa shape index (κ1) is 19.5. The Morgan fingerprint density at radius 2 is 1.66 bits per heavy atom. The lowest BCUT2D eigenvalue weighted by Crippen LogP contribution is -2.41. The van der Waals surface area contributed by atoms with Gasteiger partial charge in [0.2, 0.25) is 11.8 Å². The molecule has 6 rings (SSSR count). The zero-order chi connectivity index (χ0) is 22.1. The first-order valence-electron chi connectivity index (χ1n) is 10.6. The Morgan fingerprint density at radius 3 is 2.31 bits per heavy atom. The summed E-state index contributed by atoms with van der Waals surface area (Å²) in [5.41, 5.74) is 2.25. The Kier molecular flexibility index (Phi) is 4.21. The molecule has 0 spiro atoms. The normalized spacial score (nSPS) is 31.9. The first-order valence-corrected chi connectivity index (χ1v) is 11.0. The summed E-state index contributed by atoms with van der Waals surface area (Å²) in [6.45, 7) is 1.32. The highest BCUT2D eigenvalue weighted by atomic mass is 35.5. The van der Waals surface area contributed by atoms with Crippen LogP contribution in [0, 0.1) is 29.6 Å². The molecule has 2 heterocycles. The van der Waals surface area contributed by atoms with Crippen molar-refractivity contribution in [1.82, 2.24) is 0 Å². The van der Waals surface area contributed by atoms with Crippen LogP contribution in [0.25, 0.3) is 0 Å². The van der Waals surface area contributed by atoms with Crippen LogP contribution in [0.5, 0.6) is 5.75 Å². The molecular weight excluding hydrogens is 432 g/mol. The zero-order valence-corrected chi connectivity index (χ0v) is 17.9. The minimum absolute atomic E-state index is 0.00805. The van der Waals surface area contributed by atoms with Gasteiger partial charge in [0.25, 0.3) is 0 Å². The molecule has 162 valence electrons. The lowest BCUT2D eigenvalue weighted by atomic mass is 9.71. The number of fused-ring (bicyclic) bond motifs is 8. The molecule has 0 N–H and O–H groups in total. The number of halogens is 1. The lowest BCUT2D eigenvalue weighted by Gasteiger charge is -2.29. The van der Waals surface area contributed by atoms with Crippen molar-refractivity contribution < 1.29 is 24.0 Å². The maximum atomic E-state index is 13.4. The van der Waals surface area contributed by atoms with Crippen molar-refractivity contribution in [2.75, 3.05) is 4.90 Å². The highest BCUT2D eigenvalue weighted by Crippen LogP contribution is 2.62. The highest BCUT2D eigenvalue weighted by Gasteiger charge is 2.70. The maximum absolute atomic E-state index is 13.4. The Bertz CT molecular complexity index is 1180. The molecule has 7 nitrogen and oxygen atoms in total. The summed E-state index contributed by atoms with van der Waals surface area (Å²) in [6.07, 6.45) is 0.600. The number of nitrogens with zero attached hydrogens (tertiary/aromatic N) is 2. The van der Waals surface area contributed by atoms with E-state index in [-0.39, 0.29) is 47.5 Å². The van der Waals surface area contributed by atoms with Gasteiger partial charge in [-0.25, -0.2) is 0 Å². The Balaban J connectivity index is 1.29. The predicted molar refractivity (Wildman–Crippen MR) is 115 cm³/mol. The predicted octanol–water partition coefficient (Wildman–Crippen LogP) is 3.44. The highest BCUT2D eigenvalue weighted by molar-refractivity contribution is 6.30. The minimum Gasteiger partial charge on any atom is -0.427 e. The van der Waals surface area contributed by atoms with Gasteiger partial charge in [-0.15, -0.1) is 0 Å². The first-order chi connectivity index (χ1) is 15.4. The summed E-state index contributed by atoms with van der Waals surface area (Å²) in [5, 5.41) is 4.99. The van der Waals surface area contributed by atoms with E-state index in [4.69, 9.17) is 21.2 Å². The van der Waals surface area contributed by atoms with Crippen molar-refractivity contribution in [3.05, 3.63) is 59.1 Å². The minimum atomic E-state index is -0.429. The summed E-state index contributed by atoms with van der Waals surface area (Å²) in [5.74, 6) is -1.22. The molecule has 4 aliphatic rings. The third-order valence-electron chi connectivity index (χ3n) is 7.19. The number of hydrogen-bond donors (Lipinski definition) is 0. The molecule has 2 aliphatic carbocycles. The molecule has 32 heavy (non-hydrogen) atoms. The van der Waals surface area contributed by atoms with Crippen LogP contribution in [0.2, 0.25) is 5.02 Å². The van der Waals surface area contributed by atoms with Gasteiger partial charge in [0.05, 0.1) is 23.2 Å². The van der Waals surface area contributed by atoms with Crippen LogP contribution in [-0.2, 0) is 19.2 Å². The second-order valence-electron chi connectivity index (χ2n) is 8.79. The molecule has 2 aromatic carbocycles. The molecule has 8 heteroatoms. The molecule has 2 aliphatic heterocycles. The molecule has 0 aromatic heterocycles. The smallest absolute Gasteiger partial charge is 0.308 e. The fourth-order valence-corrected chi connectivity index (χ4v) is 6.19. The number of imide groups is 1. The summed E-state index contributed by atoms with van der Waals surface area (Å²) < 4.78 is 5.05. The third-order valence-corrected chi connectivity index (χ3v) is 7.44. The van der Waals surface area contributed by atoms with Crippen molar-refractivity contribution in [3.8, 4) is 5.75 Å². The van der Waals surface area contributed by atoms with E-state index >= 15 is 0 Å². The average molecular weight is 451 g/mol. The number of hydrogen-bond acceptors (Lipinski definition) is 6. The zero-order valence-electron chi connectivity index (χ0n) is 17.1. The van der Waals surface area contributed by atoms with Crippen LogP contribution >= 0.6 is 11.6 Å². The molecule has 1 saturated heterocycles. The molecule has 0 unspecified atom stereocenters. The summed E-state index contributed by atoms with van der Waals surface area (Å²) in [6, 6.07) is 13.9. The van der Waals surface area contributed by atoms with E-state index in [9.17, 15) is 14.4 Å². The van der Waals surface area contributed by atoms with Gasteiger partial charge in [-0.05, 0) is 54.3 Å². The summed E-state index contributed by atoms with van der Waals surface area (Å²) in [7, 11) is 0. The second kappa shape index (κ2) is 6.90. The van der Waals surface area contributed by atoms with Gasteiger partial charge >= 0.3 is 5.97 Å². The fraction of sp³-hybridized carbons (Fsp3) is 0.333. The Morgan fingerprint density at radius 1 is 1.00 bits per heavy atom. The van der Waals surface area contributed by atoms with Crippen molar-refractivity contribution in [3.63, 3.8) is 0 Å². The van der Waals surface area contributed by atoms with E-state index < -0.39 is 5.97 Å². The number of amides is 2. The maximum Gasteiger partial charge on any atom is 0.308 e. The summed E-state index contributed by atoms with van der Waals surface area (Å²) in [4.78, 5) is 45.0. The largest absolute Gasteiger partial charge is 0.427 e. The standard InChI is InChI=1S/C24H19ClN2O5/c1-11(28)31-15-8-6-14(7-9-15)27-23(29)18-16-10-17(19(18)24(27)30)22-20(16)21(26-32-22)12-2-4-13(25)5-3-12/h2-9,16-20,22H,10H2,1H3/t16-,17-,18-,19-,20-,22+/m1/s1. The van der Waals surface area contributed by atoms with E-state index in [0.717, 1.165) is 17.7 Å². The van der Waals surface area contributed by atoms with Crippen LogP contribution in [0.15, 0.2) is 53.7 Å². The number of benzene rings is 2. The van der Waals surface area contributed by atoms with Crippen LogP contribution in [0.1, 0.15) is 18.9 Å². The van der Waals surface area contributed by atoms with Crippen LogP contribution in [-0.4, -0.2) is 29.6 Å². The van der Waals surface area contributed by atoms with Crippen molar-refractivity contribution in [2.24, 2.45) is 34.7 Å². The second-order valence-corrected chi connectivity index (χ2v) is 9.23. The lowest BCUT2D eigenvalue weighted by molar-refractivity contribution is -0.132. The Labute approximate surface area is 188 Å². The van der Waals surface area contributed by atoms with Crippen LogP contribution in [0.3, 0.4) is 0 Å². The molecule has 6 atom stereocenters. The number of rotatable bonds is 3. The van der Waals surface area contributed by atoms with Gasteiger partial charge < -0.3 is 9.57 Å². The van der Waals surface area contributed by atoms with E-state index in [1.165, 1.54) is 11.8 Å². The number of ether oxygens (including phenoxy) is 1. The molecule has 0 radical (unpaired) electrons. The van der Waals surface area contributed by atoms with Gasteiger partial charge in [0, 0.05) is 23.8 Å². The van der Waals surface area contributed by atoms with Crippen molar-refractivity contribution >= 4 is 40.8 Å². The fourth-order valence-electron chi connectivity index (χ4n) is 6.07. The van der Waals surface area contributed by atoms with E-state index in [0.29, 0.717) is 16.5 Å². The van der Waals surface area contributed by atoms with E-state index in [1.54, 1.807) is 24.3 Å². The molecule has 2 bridgehead atoms. The molecule has 2 saturated carbocycles. The average Bonchev–Trinajstić information content (AvgIpc) is 3.50. The quantitative estimate of drug-likeness (QED) is 0.406. The van der Waals surface area contributed by atoms with Gasteiger partial charge in [-0.1, -0.05) is 28.9 Å². The van der Waals surface area contributed by atoms with Crippen LogP contribution < -0.4 is 9.64 Å². The Hall–Kier alpha value is -3.19. The number of carbonyl (C=O) groups excluding carboxylic acids is 3. The summed E-state index contributed by atoms with van der Waals surface area (Å²) >= 11 is 6.03. The molecule has 2 amide bonds.